The number of amides is 2. The largest absolute Gasteiger partial charge is 0.379 e. The highest BCUT2D eigenvalue weighted by Gasteiger charge is 2.38. The van der Waals surface area contributed by atoms with Gasteiger partial charge in [0.1, 0.15) is 6.04 Å². The van der Waals surface area contributed by atoms with E-state index in [9.17, 15) is 18.0 Å². The maximum atomic E-state index is 13.0. The number of carbonyl (C=O) groups is 2. The second-order valence-electron chi connectivity index (χ2n) is 8.96. The molecular weight excluding hydrogens is 444 g/mol. The Kier molecular flexibility index (Phi) is 7.68. The average Bonchev–Trinajstić information content (AvgIpc) is 3.01. The molecule has 0 saturated carbocycles. The number of hydrogen-bond acceptors (Lipinski definition) is 6. The van der Waals surface area contributed by atoms with Crippen LogP contribution in [-0.2, 0) is 30.8 Å². The number of ether oxygens (including phenoxy) is 1. The lowest BCUT2D eigenvalue weighted by atomic mass is 10.1. The number of nitrogens with one attached hydrogen (secondary N) is 1. The topological polar surface area (TPSA) is 99.3 Å². The molecule has 3 aliphatic heterocycles. The fourth-order valence-corrected chi connectivity index (χ4v) is 6.40. The van der Waals surface area contributed by atoms with E-state index in [2.05, 4.69) is 10.2 Å². The number of carbonyl (C=O) groups excluding carboxylic acids is 2. The van der Waals surface area contributed by atoms with Crippen molar-refractivity contribution < 1.29 is 22.7 Å². The molecule has 0 bridgehead atoms. The second-order valence-corrected chi connectivity index (χ2v) is 10.9. The molecule has 4 rings (SSSR count). The third-order valence-electron chi connectivity index (χ3n) is 6.71. The summed E-state index contributed by atoms with van der Waals surface area (Å²) in [7, 11) is -3.64. The monoisotopic (exact) mass is 478 g/mol. The Morgan fingerprint density at radius 2 is 1.76 bits per heavy atom. The van der Waals surface area contributed by atoms with Crippen LogP contribution in [0.2, 0.25) is 0 Å². The molecule has 1 unspecified atom stereocenters. The van der Waals surface area contributed by atoms with Crippen molar-refractivity contribution in [1.82, 2.24) is 14.5 Å². The summed E-state index contributed by atoms with van der Waals surface area (Å²) in [5.41, 5.74) is 1.31. The first-order valence-corrected chi connectivity index (χ1v) is 13.3. The highest BCUT2D eigenvalue weighted by molar-refractivity contribution is 7.89. The van der Waals surface area contributed by atoms with Crippen LogP contribution in [0.15, 0.2) is 23.1 Å². The smallest absolute Gasteiger partial charge is 0.243 e. The molecule has 3 aliphatic rings. The minimum Gasteiger partial charge on any atom is -0.379 e. The lowest BCUT2D eigenvalue weighted by Crippen LogP contribution is -2.48. The van der Waals surface area contributed by atoms with Crippen molar-refractivity contribution >= 4 is 27.5 Å². The van der Waals surface area contributed by atoms with Crippen molar-refractivity contribution in [3.63, 3.8) is 0 Å². The summed E-state index contributed by atoms with van der Waals surface area (Å²) >= 11 is 0. The Morgan fingerprint density at radius 1 is 1.06 bits per heavy atom. The van der Waals surface area contributed by atoms with E-state index < -0.39 is 16.1 Å². The molecule has 0 radical (unpaired) electrons. The van der Waals surface area contributed by atoms with Gasteiger partial charge in [0.05, 0.1) is 18.1 Å². The minimum absolute atomic E-state index is 0.189. The minimum atomic E-state index is -3.64. The molecule has 0 spiro atoms. The standard InChI is InChI=1S/C23H34N4O5S/c1-18(28)27-21-7-6-20(33(30,31)26-12-14-32-15-13-26)16-19(21)17-22(27)23(29)24-8-11-25-9-4-2-3-5-10-25/h6-7,16,22H,2-5,8-15,17H2,1H3,(H,24,29). The summed E-state index contributed by atoms with van der Waals surface area (Å²) in [5, 5.41) is 2.99. The van der Waals surface area contributed by atoms with Gasteiger partial charge in [0.15, 0.2) is 0 Å². The first kappa shape index (κ1) is 24.1. The van der Waals surface area contributed by atoms with Gasteiger partial charge in [0.2, 0.25) is 21.8 Å². The summed E-state index contributed by atoms with van der Waals surface area (Å²) in [5.74, 6) is -0.431. The molecule has 9 nitrogen and oxygen atoms in total. The van der Waals surface area contributed by atoms with Crippen LogP contribution in [-0.4, -0.2) is 88.0 Å². The van der Waals surface area contributed by atoms with Crippen LogP contribution in [0.4, 0.5) is 5.69 Å². The van der Waals surface area contributed by atoms with E-state index in [1.165, 1.54) is 47.9 Å². The van der Waals surface area contributed by atoms with Gasteiger partial charge in [-0.2, -0.15) is 4.31 Å². The third kappa shape index (κ3) is 5.40. The summed E-state index contributed by atoms with van der Waals surface area (Å²) in [6, 6.07) is 4.12. The van der Waals surface area contributed by atoms with Crippen molar-refractivity contribution in [2.24, 2.45) is 0 Å². The van der Waals surface area contributed by atoms with Crippen molar-refractivity contribution in [3.05, 3.63) is 23.8 Å². The summed E-state index contributed by atoms with van der Waals surface area (Å²) in [4.78, 5) is 29.5. The molecule has 33 heavy (non-hydrogen) atoms. The fourth-order valence-electron chi connectivity index (χ4n) is 4.94. The van der Waals surface area contributed by atoms with Crippen LogP contribution in [0.1, 0.15) is 38.2 Å². The summed E-state index contributed by atoms with van der Waals surface area (Å²) < 4.78 is 32.8. The molecule has 10 heteroatoms. The summed E-state index contributed by atoms with van der Waals surface area (Å²) in [6.45, 7) is 6.29. The fraction of sp³-hybridized carbons (Fsp3) is 0.652. The SMILES string of the molecule is CC(=O)N1c2ccc(S(=O)(=O)N3CCOCC3)cc2CC1C(=O)NCCN1CCCCCC1. The van der Waals surface area contributed by atoms with Gasteiger partial charge >= 0.3 is 0 Å². The number of benzene rings is 1. The number of anilines is 1. The van der Waals surface area contributed by atoms with Gasteiger partial charge in [-0.25, -0.2) is 8.42 Å². The van der Waals surface area contributed by atoms with E-state index in [1.54, 1.807) is 12.1 Å². The van der Waals surface area contributed by atoms with Crippen molar-refractivity contribution in [1.29, 1.82) is 0 Å². The normalized spacial score (nSPS) is 22.6. The van der Waals surface area contributed by atoms with Gasteiger partial charge in [-0.15, -0.1) is 0 Å². The Labute approximate surface area is 196 Å². The second kappa shape index (κ2) is 10.5. The van der Waals surface area contributed by atoms with Crippen LogP contribution in [0.3, 0.4) is 0 Å². The van der Waals surface area contributed by atoms with E-state index in [1.807, 2.05) is 0 Å². The van der Waals surface area contributed by atoms with Crippen LogP contribution < -0.4 is 10.2 Å². The number of morpholine rings is 1. The van der Waals surface area contributed by atoms with Gasteiger partial charge in [-0.3, -0.25) is 14.5 Å². The molecule has 3 heterocycles. The predicted octanol–water partition coefficient (Wildman–Crippen LogP) is 0.977. The number of nitrogens with zero attached hydrogens (tertiary/aromatic N) is 3. The van der Waals surface area contributed by atoms with E-state index in [0.29, 0.717) is 50.5 Å². The number of likely N-dealkylation sites (tertiary alicyclic amines) is 1. The molecule has 2 fully saturated rings. The van der Waals surface area contributed by atoms with Crippen molar-refractivity contribution in [2.45, 2.75) is 50.0 Å². The van der Waals surface area contributed by atoms with Gasteiger partial charge in [-0.05, 0) is 49.7 Å². The van der Waals surface area contributed by atoms with Gasteiger partial charge in [-0.1, -0.05) is 12.8 Å². The molecular formula is C23H34N4O5S. The predicted molar refractivity (Wildman–Crippen MR) is 125 cm³/mol. The van der Waals surface area contributed by atoms with E-state index in [4.69, 9.17) is 4.74 Å². The zero-order chi connectivity index (χ0) is 23.4. The van der Waals surface area contributed by atoms with E-state index >= 15 is 0 Å². The average molecular weight is 479 g/mol. The molecule has 0 aromatic heterocycles. The van der Waals surface area contributed by atoms with Crippen LogP contribution >= 0.6 is 0 Å². The highest BCUT2D eigenvalue weighted by Crippen LogP contribution is 2.35. The van der Waals surface area contributed by atoms with Crippen molar-refractivity contribution in [2.75, 3.05) is 57.4 Å². The van der Waals surface area contributed by atoms with Crippen LogP contribution in [0.5, 0.6) is 0 Å². The third-order valence-corrected chi connectivity index (χ3v) is 8.61. The van der Waals surface area contributed by atoms with Crippen LogP contribution in [0.25, 0.3) is 0 Å². The Morgan fingerprint density at radius 3 is 2.42 bits per heavy atom. The Bertz CT molecular complexity index is 969. The molecule has 1 atom stereocenters. The number of sulfonamides is 1. The first-order valence-electron chi connectivity index (χ1n) is 11.9. The highest BCUT2D eigenvalue weighted by atomic mass is 32.2. The lowest BCUT2D eigenvalue weighted by molar-refractivity contribution is -0.125. The van der Waals surface area contributed by atoms with Gasteiger partial charge < -0.3 is 15.0 Å². The Balaban J connectivity index is 1.44. The number of hydrogen-bond donors (Lipinski definition) is 1. The van der Waals surface area contributed by atoms with Gasteiger partial charge in [0, 0.05) is 45.2 Å². The summed E-state index contributed by atoms with van der Waals surface area (Å²) in [6.07, 6.45) is 5.22. The lowest BCUT2D eigenvalue weighted by Gasteiger charge is -2.26. The molecule has 182 valence electrons. The zero-order valence-corrected chi connectivity index (χ0v) is 20.1. The Hall–Kier alpha value is -2.01. The zero-order valence-electron chi connectivity index (χ0n) is 19.3. The first-order chi connectivity index (χ1) is 15.9. The van der Waals surface area contributed by atoms with Gasteiger partial charge in [0.25, 0.3) is 0 Å². The maximum Gasteiger partial charge on any atom is 0.243 e. The molecule has 1 aromatic rings. The van der Waals surface area contributed by atoms with E-state index in [0.717, 1.165) is 19.6 Å². The van der Waals surface area contributed by atoms with Crippen molar-refractivity contribution in [3.8, 4) is 0 Å². The molecule has 2 saturated heterocycles. The molecule has 0 aliphatic carbocycles. The van der Waals surface area contributed by atoms with E-state index in [-0.39, 0.29) is 16.7 Å². The maximum absolute atomic E-state index is 13.0. The number of rotatable bonds is 6. The molecule has 1 aromatic carbocycles. The molecule has 2 amide bonds. The number of fused-ring (bicyclic) bond motifs is 1. The molecule has 1 N–H and O–H groups in total. The quantitative estimate of drug-likeness (QED) is 0.654. The van der Waals surface area contributed by atoms with Crippen LogP contribution in [0, 0.1) is 0 Å².